The van der Waals surface area contributed by atoms with Gasteiger partial charge in [-0.1, -0.05) is 30.3 Å². The van der Waals surface area contributed by atoms with Crippen molar-refractivity contribution in [2.24, 2.45) is 0 Å². The van der Waals surface area contributed by atoms with Gasteiger partial charge in [-0.3, -0.25) is 9.59 Å². The summed E-state index contributed by atoms with van der Waals surface area (Å²) in [6, 6.07) is 9.37. The summed E-state index contributed by atoms with van der Waals surface area (Å²) in [6.07, 6.45) is 4.01. The first-order chi connectivity index (χ1) is 12.0. The lowest BCUT2D eigenvalue weighted by atomic mass is 10.0. The molecule has 0 radical (unpaired) electrons. The Balaban J connectivity index is 1.61. The highest BCUT2D eigenvalue weighted by atomic mass is 16.2. The van der Waals surface area contributed by atoms with Crippen LogP contribution in [0.3, 0.4) is 0 Å². The molecule has 2 heterocycles. The highest BCUT2D eigenvalue weighted by molar-refractivity contribution is 5.79. The van der Waals surface area contributed by atoms with E-state index in [0.29, 0.717) is 0 Å². The number of aromatic nitrogens is 2. The fraction of sp³-hybridized carbons (Fsp3) is 0.421. The van der Waals surface area contributed by atoms with E-state index in [0.717, 1.165) is 36.5 Å². The van der Waals surface area contributed by atoms with Crippen LogP contribution in [0, 0.1) is 6.92 Å². The molecule has 1 aliphatic rings. The number of aryl methyl sites for hydroxylation is 2. The molecule has 0 aliphatic carbocycles. The molecule has 2 aromatic rings. The van der Waals surface area contributed by atoms with Gasteiger partial charge in [0.15, 0.2) is 0 Å². The van der Waals surface area contributed by atoms with Gasteiger partial charge in [0.25, 0.3) is 0 Å². The normalized spacial score (nSPS) is 17.4. The van der Waals surface area contributed by atoms with Crippen LogP contribution < -0.4 is 10.6 Å². The lowest BCUT2D eigenvalue weighted by molar-refractivity contribution is -0.123. The van der Waals surface area contributed by atoms with Crippen LogP contribution >= 0.6 is 0 Å². The monoisotopic (exact) mass is 340 g/mol. The summed E-state index contributed by atoms with van der Waals surface area (Å²) in [5.41, 5.74) is 1.95. The van der Waals surface area contributed by atoms with E-state index in [4.69, 9.17) is 0 Å². The second-order valence-electron chi connectivity index (χ2n) is 6.62. The molecule has 2 atom stereocenters. The van der Waals surface area contributed by atoms with E-state index in [-0.39, 0.29) is 30.3 Å². The van der Waals surface area contributed by atoms with Crippen molar-refractivity contribution < 1.29 is 9.59 Å². The van der Waals surface area contributed by atoms with Gasteiger partial charge in [-0.05, 0) is 18.9 Å². The van der Waals surface area contributed by atoms with Gasteiger partial charge in [-0.2, -0.15) is 0 Å². The molecule has 0 spiro atoms. The molecule has 0 saturated carbocycles. The SMILES string of the molecule is CC(=O)N[C@H](CC(=O)N[C@@H]1CCc2nc(C)cn2C1)c1ccccc1. The van der Waals surface area contributed by atoms with E-state index < -0.39 is 0 Å². The van der Waals surface area contributed by atoms with Crippen molar-refractivity contribution in [1.82, 2.24) is 20.2 Å². The third kappa shape index (κ3) is 4.47. The van der Waals surface area contributed by atoms with Crippen molar-refractivity contribution in [3.05, 3.63) is 53.6 Å². The van der Waals surface area contributed by atoms with Crippen molar-refractivity contribution in [1.29, 1.82) is 0 Å². The fourth-order valence-electron chi connectivity index (χ4n) is 3.36. The van der Waals surface area contributed by atoms with Crippen LogP contribution in [0.5, 0.6) is 0 Å². The highest BCUT2D eigenvalue weighted by Gasteiger charge is 2.23. The molecule has 0 saturated heterocycles. The molecule has 3 rings (SSSR count). The standard InChI is InChI=1S/C19H24N4O2/c1-13-11-23-12-16(8-9-18(23)20-13)22-19(25)10-17(21-14(2)24)15-6-4-3-5-7-15/h3-7,11,16-17H,8-10,12H2,1-2H3,(H,21,24)(H,22,25)/t16-,17-/m1/s1. The Morgan fingerprint density at radius 2 is 2.08 bits per heavy atom. The molecule has 132 valence electrons. The molecule has 6 nitrogen and oxygen atoms in total. The van der Waals surface area contributed by atoms with Gasteiger partial charge < -0.3 is 15.2 Å². The van der Waals surface area contributed by atoms with Gasteiger partial charge in [-0.25, -0.2) is 4.98 Å². The summed E-state index contributed by atoms with van der Waals surface area (Å²) in [6.45, 7) is 4.20. The van der Waals surface area contributed by atoms with Crippen LogP contribution in [0.25, 0.3) is 0 Å². The maximum atomic E-state index is 12.5. The first-order valence-electron chi connectivity index (χ1n) is 8.65. The third-order valence-corrected chi connectivity index (χ3v) is 4.45. The number of amides is 2. The number of carbonyl (C=O) groups excluding carboxylic acids is 2. The Morgan fingerprint density at radius 3 is 2.80 bits per heavy atom. The summed E-state index contributed by atoms with van der Waals surface area (Å²) in [7, 11) is 0. The van der Waals surface area contributed by atoms with Crippen molar-refractivity contribution in [2.75, 3.05) is 0 Å². The predicted molar refractivity (Wildman–Crippen MR) is 94.8 cm³/mol. The van der Waals surface area contributed by atoms with Gasteiger partial charge in [0, 0.05) is 32.1 Å². The van der Waals surface area contributed by atoms with Gasteiger partial charge in [0.05, 0.1) is 18.2 Å². The molecule has 0 fully saturated rings. The average Bonchev–Trinajstić information content (AvgIpc) is 2.94. The molecule has 1 aromatic carbocycles. The van der Waals surface area contributed by atoms with Gasteiger partial charge >= 0.3 is 0 Å². The van der Waals surface area contributed by atoms with E-state index in [1.807, 2.05) is 43.5 Å². The summed E-state index contributed by atoms with van der Waals surface area (Å²) in [5.74, 6) is 0.897. The van der Waals surface area contributed by atoms with E-state index in [9.17, 15) is 9.59 Å². The molecule has 0 unspecified atom stereocenters. The maximum Gasteiger partial charge on any atom is 0.222 e. The van der Waals surface area contributed by atoms with E-state index >= 15 is 0 Å². The molecule has 25 heavy (non-hydrogen) atoms. The number of nitrogens with one attached hydrogen (secondary N) is 2. The topological polar surface area (TPSA) is 76.0 Å². The quantitative estimate of drug-likeness (QED) is 0.873. The van der Waals surface area contributed by atoms with Gasteiger partial charge in [0.1, 0.15) is 5.82 Å². The summed E-state index contributed by atoms with van der Waals surface area (Å²) in [5, 5.41) is 5.97. The number of hydrogen-bond donors (Lipinski definition) is 2. The third-order valence-electron chi connectivity index (χ3n) is 4.45. The molecule has 1 aromatic heterocycles. The van der Waals surface area contributed by atoms with Crippen molar-refractivity contribution in [3.8, 4) is 0 Å². The molecule has 6 heteroatoms. The molecular weight excluding hydrogens is 316 g/mol. The molecular formula is C19H24N4O2. The van der Waals surface area contributed by atoms with Crippen molar-refractivity contribution in [2.45, 2.75) is 51.7 Å². The number of hydrogen-bond acceptors (Lipinski definition) is 3. The van der Waals surface area contributed by atoms with Crippen LogP contribution in [-0.2, 0) is 22.6 Å². The van der Waals surface area contributed by atoms with Crippen LogP contribution in [0.1, 0.15) is 42.9 Å². The zero-order valence-electron chi connectivity index (χ0n) is 14.7. The van der Waals surface area contributed by atoms with E-state index in [1.54, 1.807) is 0 Å². The van der Waals surface area contributed by atoms with Crippen molar-refractivity contribution in [3.63, 3.8) is 0 Å². The number of imidazole rings is 1. The zero-order valence-corrected chi connectivity index (χ0v) is 14.7. The molecule has 2 N–H and O–H groups in total. The Bertz CT molecular complexity index is 754. The van der Waals surface area contributed by atoms with Crippen LogP contribution in [0.15, 0.2) is 36.5 Å². The van der Waals surface area contributed by atoms with E-state index in [2.05, 4.69) is 20.2 Å². The van der Waals surface area contributed by atoms with Gasteiger partial charge in [-0.15, -0.1) is 0 Å². The molecule has 0 bridgehead atoms. The Kier molecular flexibility index (Phi) is 5.16. The highest BCUT2D eigenvalue weighted by Crippen LogP contribution is 2.18. The number of fused-ring (bicyclic) bond motifs is 1. The fourth-order valence-corrected chi connectivity index (χ4v) is 3.36. The number of nitrogens with zero attached hydrogens (tertiary/aromatic N) is 2. The number of rotatable bonds is 5. The number of carbonyl (C=O) groups is 2. The Hall–Kier alpha value is -2.63. The number of benzene rings is 1. The minimum Gasteiger partial charge on any atom is -0.351 e. The largest absolute Gasteiger partial charge is 0.351 e. The van der Waals surface area contributed by atoms with Crippen LogP contribution in [0.4, 0.5) is 0 Å². The maximum absolute atomic E-state index is 12.5. The Morgan fingerprint density at radius 1 is 1.32 bits per heavy atom. The molecule has 1 aliphatic heterocycles. The first kappa shape index (κ1) is 17.2. The van der Waals surface area contributed by atoms with Crippen LogP contribution in [0.2, 0.25) is 0 Å². The summed E-state index contributed by atoms with van der Waals surface area (Å²) in [4.78, 5) is 28.5. The lowest BCUT2D eigenvalue weighted by Crippen LogP contribution is -2.42. The average molecular weight is 340 g/mol. The predicted octanol–water partition coefficient (Wildman–Crippen LogP) is 1.89. The second-order valence-corrected chi connectivity index (χ2v) is 6.62. The zero-order chi connectivity index (χ0) is 17.8. The van der Waals surface area contributed by atoms with E-state index in [1.165, 1.54) is 6.92 Å². The Labute approximate surface area is 147 Å². The lowest BCUT2D eigenvalue weighted by Gasteiger charge is -2.26. The summed E-state index contributed by atoms with van der Waals surface area (Å²) >= 11 is 0. The van der Waals surface area contributed by atoms with Gasteiger partial charge in [0.2, 0.25) is 11.8 Å². The second kappa shape index (κ2) is 7.51. The first-order valence-corrected chi connectivity index (χ1v) is 8.65. The molecule has 2 amide bonds. The minimum atomic E-state index is -0.312. The summed E-state index contributed by atoms with van der Waals surface area (Å²) < 4.78 is 2.12. The minimum absolute atomic E-state index is 0.0482. The van der Waals surface area contributed by atoms with Crippen molar-refractivity contribution >= 4 is 11.8 Å². The smallest absolute Gasteiger partial charge is 0.222 e. The van der Waals surface area contributed by atoms with Crippen LogP contribution in [-0.4, -0.2) is 27.4 Å².